The topological polar surface area (TPSA) is 54.9 Å². The van der Waals surface area contributed by atoms with E-state index in [-0.39, 0.29) is 5.78 Å². The van der Waals surface area contributed by atoms with Crippen molar-refractivity contribution in [2.24, 2.45) is 0 Å². The summed E-state index contributed by atoms with van der Waals surface area (Å²) in [5, 5.41) is 11.6. The van der Waals surface area contributed by atoms with Crippen molar-refractivity contribution in [3.8, 4) is 0 Å². The third-order valence-corrected chi connectivity index (χ3v) is 4.70. The Morgan fingerprint density at radius 3 is 2.79 bits per heavy atom. The highest BCUT2D eigenvalue weighted by atomic mass is 32.2. The van der Waals surface area contributed by atoms with E-state index in [0.29, 0.717) is 5.75 Å². The summed E-state index contributed by atoms with van der Waals surface area (Å²) in [6.45, 7) is 3.99. The molecule has 2 aromatic rings. The molecule has 0 aliphatic rings. The smallest absolute Gasteiger partial charge is 0.206 e. The van der Waals surface area contributed by atoms with Crippen LogP contribution in [0.25, 0.3) is 0 Å². The van der Waals surface area contributed by atoms with Gasteiger partial charge in [0.25, 0.3) is 0 Å². The van der Waals surface area contributed by atoms with E-state index in [0.717, 1.165) is 20.6 Å². The molecular formula is C13H15N3OS2. The Bertz CT molecular complexity index is 595. The van der Waals surface area contributed by atoms with Gasteiger partial charge < -0.3 is 5.32 Å². The van der Waals surface area contributed by atoms with Crippen molar-refractivity contribution in [2.45, 2.75) is 18.2 Å². The molecule has 0 saturated carbocycles. The Morgan fingerprint density at radius 2 is 2.16 bits per heavy atom. The van der Waals surface area contributed by atoms with Crippen molar-refractivity contribution in [3.63, 3.8) is 0 Å². The maximum Gasteiger partial charge on any atom is 0.206 e. The number of nitrogens with one attached hydrogen (secondary N) is 1. The van der Waals surface area contributed by atoms with Gasteiger partial charge in [-0.15, -0.1) is 10.2 Å². The van der Waals surface area contributed by atoms with Gasteiger partial charge in [-0.2, -0.15) is 0 Å². The summed E-state index contributed by atoms with van der Waals surface area (Å²) in [4.78, 5) is 12.1. The molecule has 0 atom stereocenters. The van der Waals surface area contributed by atoms with Crippen molar-refractivity contribution in [1.82, 2.24) is 10.2 Å². The lowest BCUT2D eigenvalue weighted by molar-refractivity contribution is 0.102. The molecule has 0 spiro atoms. The zero-order valence-corrected chi connectivity index (χ0v) is 12.7. The van der Waals surface area contributed by atoms with Crippen LogP contribution >= 0.6 is 23.1 Å². The van der Waals surface area contributed by atoms with E-state index >= 15 is 0 Å². The number of nitrogens with zero attached hydrogens (tertiary/aromatic N) is 2. The van der Waals surface area contributed by atoms with Crippen molar-refractivity contribution in [1.29, 1.82) is 0 Å². The second-order valence-corrected chi connectivity index (χ2v) is 6.35. The molecule has 2 rings (SSSR count). The number of Topliss-reactive ketones (excluding diaryl/α,β-unsaturated/α-hetero) is 1. The van der Waals surface area contributed by atoms with Gasteiger partial charge in [-0.25, -0.2) is 0 Å². The van der Waals surface area contributed by atoms with Crippen molar-refractivity contribution in [3.05, 3.63) is 34.9 Å². The number of carbonyl (C=O) groups excluding carboxylic acids is 1. The molecule has 6 heteroatoms. The minimum Gasteiger partial charge on any atom is -0.363 e. The van der Waals surface area contributed by atoms with Crippen LogP contribution in [0, 0.1) is 13.8 Å². The molecule has 1 aromatic carbocycles. The van der Waals surface area contributed by atoms with Gasteiger partial charge in [0, 0.05) is 12.6 Å². The molecular weight excluding hydrogens is 278 g/mol. The molecule has 0 fully saturated rings. The van der Waals surface area contributed by atoms with Crippen LogP contribution in [0.2, 0.25) is 0 Å². The van der Waals surface area contributed by atoms with Gasteiger partial charge in [-0.3, -0.25) is 4.79 Å². The number of benzene rings is 1. The van der Waals surface area contributed by atoms with Gasteiger partial charge in [-0.05, 0) is 19.4 Å². The van der Waals surface area contributed by atoms with Gasteiger partial charge in [0.2, 0.25) is 5.13 Å². The average Bonchev–Trinajstić information content (AvgIpc) is 2.84. The second kappa shape index (κ2) is 6.16. The monoisotopic (exact) mass is 293 g/mol. The predicted molar refractivity (Wildman–Crippen MR) is 80.4 cm³/mol. The molecule has 100 valence electrons. The largest absolute Gasteiger partial charge is 0.363 e. The van der Waals surface area contributed by atoms with E-state index in [1.807, 2.05) is 32.0 Å². The number of carbonyl (C=O) groups is 1. The molecule has 0 bridgehead atoms. The van der Waals surface area contributed by atoms with Crippen LogP contribution in [-0.2, 0) is 0 Å². The lowest BCUT2D eigenvalue weighted by Gasteiger charge is -2.04. The molecule has 0 aliphatic carbocycles. The average molecular weight is 293 g/mol. The lowest BCUT2D eigenvalue weighted by atomic mass is 10.0. The minimum absolute atomic E-state index is 0.128. The number of rotatable bonds is 5. The number of anilines is 1. The highest BCUT2D eigenvalue weighted by Gasteiger charge is 2.11. The fraction of sp³-hybridized carbons (Fsp3) is 0.308. The number of hydrogen-bond acceptors (Lipinski definition) is 6. The molecule has 4 nitrogen and oxygen atoms in total. The Kier molecular flexibility index (Phi) is 4.55. The summed E-state index contributed by atoms with van der Waals surface area (Å²) in [6.07, 6.45) is 0. The van der Waals surface area contributed by atoms with Crippen LogP contribution in [0.4, 0.5) is 5.13 Å². The predicted octanol–water partition coefficient (Wildman–Crippen LogP) is 3.17. The number of aromatic nitrogens is 2. The van der Waals surface area contributed by atoms with Crippen LogP contribution in [-0.4, -0.2) is 28.8 Å². The van der Waals surface area contributed by atoms with E-state index in [1.165, 1.54) is 28.7 Å². The van der Waals surface area contributed by atoms with Crippen LogP contribution in [0.3, 0.4) is 0 Å². The normalized spacial score (nSPS) is 10.5. The van der Waals surface area contributed by atoms with Crippen LogP contribution in [0.15, 0.2) is 22.5 Å². The molecule has 19 heavy (non-hydrogen) atoms. The SMILES string of the molecule is CNc1nnc(SCC(=O)c2ccc(C)cc2C)s1. The first-order valence-electron chi connectivity index (χ1n) is 5.84. The quantitative estimate of drug-likeness (QED) is 0.678. The number of thioether (sulfide) groups is 1. The molecule has 0 amide bonds. The molecule has 1 aromatic heterocycles. The summed E-state index contributed by atoms with van der Waals surface area (Å²) >= 11 is 2.88. The molecule has 0 unspecified atom stereocenters. The van der Waals surface area contributed by atoms with Crippen molar-refractivity contribution in [2.75, 3.05) is 18.1 Å². The second-order valence-electron chi connectivity index (χ2n) is 4.15. The number of ketones is 1. The van der Waals surface area contributed by atoms with Crippen molar-refractivity contribution < 1.29 is 4.79 Å². The van der Waals surface area contributed by atoms with Gasteiger partial charge in [0.05, 0.1) is 5.75 Å². The van der Waals surface area contributed by atoms with E-state index in [4.69, 9.17) is 0 Å². The van der Waals surface area contributed by atoms with Gasteiger partial charge >= 0.3 is 0 Å². The molecule has 0 aliphatic heterocycles. The first-order valence-corrected chi connectivity index (χ1v) is 7.65. The standard InChI is InChI=1S/C13H15N3OS2/c1-8-4-5-10(9(2)6-8)11(17)7-18-13-16-15-12(14-3)19-13/h4-6H,7H2,1-3H3,(H,14,15). The van der Waals surface area contributed by atoms with Gasteiger partial charge in [0.15, 0.2) is 10.1 Å². The Morgan fingerprint density at radius 1 is 1.37 bits per heavy atom. The fourth-order valence-corrected chi connectivity index (χ4v) is 3.29. The summed E-state index contributed by atoms with van der Waals surface area (Å²) in [5.74, 6) is 0.520. The number of aryl methyl sites for hydroxylation is 2. The van der Waals surface area contributed by atoms with E-state index in [9.17, 15) is 4.79 Å². The first kappa shape index (κ1) is 14.0. The summed E-state index contributed by atoms with van der Waals surface area (Å²) < 4.78 is 0.808. The van der Waals surface area contributed by atoms with E-state index in [1.54, 1.807) is 7.05 Å². The summed E-state index contributed by atoms with van der Waals surface area (Å²) in [6, 6.07) is 5.89. The maximum absolute atomic E-state index is 12.1. The first-order chi connectivity index (χ1) is 9.10. The molecule has 0 radical (unpaired) electrons. The highest BCUT2D eigenvalue weighted by Crippen LogP contribution is 2.26. The van der Waals surface area contributed by atoms with E-state index < -0.39 is 0 Å². The third-order valence-electron chi connectivity index (χ3n) is 2.63. The molecule has 1 heterocycles. The lowest BCUT2D eigenvalue weighted by Crippen LogP contribution is -2.04. The highest BCUT2D eigenvalue weighted by molar-refractivity contribution is 8.01. The fourth-order valence-electron chi connectivity index (χ4n) is 1.70. The number of hydrogen-bond donors (Lipinski definition) is 1. The summed E-state index contributed by atoms with van der Waals surface area (Å²) in [5.41, 5.74) is 2.99. The molecule has 1 N–H and O–H groups in total. The van der Waals surface area contributed by atoms with Crippen LogP contribution < -0.4 is 5.32 Å². The molecule has 0 saturated heterocycles. The third kappa shape index (κ3) is 3.54. The zero-order valence-electron chi connectivity index (χ0n) is 11.1. The zero-order chi connectivity index (χ0) is 13.8. The minimum atomic E-state index is 0.128. The summed E-state index contributed by atoms with van der Waals surface area (Å²) in [7, 11) is 1.80. The Balaban J connectivity index is 2.01. The van der Waals surface area contributed by atoms with E-state index in [2.05, 4.69) is 15.5 Å². The van der Waals surface area contributed by atoms with Gasteiger partial charge in [-0.1, -0.05) is 46.9 Å². The Hall–Kier alpha value is -1.40. The van der Waals surface area contributed by atoms with Crippen LogP contribution in [0.1, 0.15) is 21.5 Å². The van der Waals surface area contributed by atoms with Crippen LogP contribution in [0.5, 0.6) is 0 Å². The van der Waals surface area contributed by atoms with Gasteiger partial charge in [0.1, 0.15) is 0 Å². The Labute approximate surface area is 120 Å². The van der Waals surface area contributed by atoms with Crippen molar-refractivity contribution >= 4 is 34.0 Å². The maximum atomic E-state index is 12.1.